The van der Waals surface area contributed by atoms with Gasteiger partial charge in [-0.1, -0.05) is 12.1 Å². The number of aryl methyl sites for hydroxylation is 1. The maximum atomic E-state index is 13.7. The van der Waals surface area contributed by atoms with Crippen molar-refractivity contribution in [2.24, 2.45) is 0 Å². The minimum absolute atomic E-state index is 0.00144. The van der Waals surface area contributed by atoms with Crippen LogP contribution in [0.1, 0.15) is 26.3 Å². The summed E-state index contributed by atoms with van der Waals surface area (Å²) in [6.07, 6.45) is 2.56. The number of nitrogens with one attached hydrogen (secondary N) is 1. The van der Waals surface area contributed by atoms with E-state index in [9.17, 15) is 18.4 Å². The Morgan fingerprint density at radius 3 is 2.33 bits per heavy atom. The van der Waals surface area contributed by atoms with Crippen molar-refractivity contribution < 1.29 is 23.5 Å². The van der Waals surface area contributed by atoms with Crippen molar-refractivity contribution in [3.05, 3.63) is 77.1 Å². The van der Waals surface area contributed by atoms with E-state index < -0.39 is 29.1 Å². The zero-order valence-corrected chi connectivity index (χ0v) is 14.0. The van der Waals surface area contributed by atoms with Gasteiger partial charge in [0.25, 0.3) is 5.91 Å². The third-order valence-electron chi connectivity index (χ3n) is 3.84. The Balaban J connectivity index is 1.85. The van der Waals surface area contributed by atoms with Crippen molar-refractivity contribution in [2.75, 3.05) is 5.32 Å². The number of hydrogen-bond donors (Lipinski definition) is 2. The molecule has 0 saturated carbocycles. The van der Waals surface area contributed by atoms with E-state index in [2.05, 4.69) is 15.3 Å². The highest BCUT2D eigenvalue weighted by Crippen LogP contribution is 2.23. The van der Waals surface area contributed by atoms with Crippen LogP contribution in [0.2, 0.25) is 0 Å². The van der Waals surface area contributed by atoms with Gasteiger partial charge >= 0.3 is 5.97 Å². The van der Waals surface area contributed by atoms with Crippen LogP contribution in [-0.2, 0) is 0 Å². The smallest absolute Gasteiger partial charge is 0.335 e. The average molecular weight is 369 g/mol. The Kier molecular flexibility index (Phi) is 4.89. The predicted molar refractivity (Wildman–Crippen MR) is 93.5 cm³/mol. The number of nitrogens with zero attached hydrogens (tertiary/aromatic N) is 2. The van der Waals surface area contributed by atoms with Gasteiger partial charge < -0.3 is 10.4 Å². The summed E-state index contributed by atoms with van der Waals surface area (Å²) >= 11 is 0. The Bertz CT molecular complexity index is 1020. The molecule has 8 heteroatoms. The summed E-state index contributed by atoms with van der Waals surface area (Å²) in [5, 5.41) is 11.4. The fraction of sp³-hybridized carbons (Fsp3) is 0.0526. The Morgan fingerprint density at radius 1 is 1.04 bits per heavy atom. The van der Waals surface area contributed by atoms with Gasteiger partial charge in [0.2, 0.25) is 0 Å². The van der Waals surface area contributed by atoms with Crippen molar-refractivity contribution in [1.82, 2.24) is 9.97 Å². The maximum absolute atomic E-state index is 13.7. The minimum atomic E-state index is -1.07. The lowest BCUT2D eigenvalue weighted by atomic mass is 10.0. The van der Waals surface area contributed by atoms with Gasteiger partial charge in [0, 0.05) is 5.56 Å². The molecule has 1 heterocycles. The number of carboxylic acid groups (broad SMARTS) is 1. The number of rotatable bonds is 4. The van der Waals surface area contributed by atoms with Crippen molar-refractivity contribution in [2.45, 2.75) is 6.92 Å². The topological polar surface area (TPSA) is 92.2 Å². The van der Waals surface area contributed by atoms with Crippen molar-refractivity contribution >= 4 is 17.7 Å². The molecule has 6 nitrogen and oxygen atoms in total. The summed E-state index contributed by atoms with van der Waals surface area (Å²) in [6, 6.07) is 7.71. The van der Waals surface area contributed by atoms with Crippen LogP contribution in [0, 0.1) is 18.6 Å². The monoisotopic (exact) mass is 369 g/mol. The summed E-state index contributed by atoms with van der Waals surface area (Å²) in [7, 11) is 0. The molecule has 3 aromatic rings. The first-order valence-corrected chi connectivity index (χ1v) is 7.78. The number of carbonyl (C=O) groups excluding carboxylic acids is 1. The molecule has 0 aliphatic heterocycles. The second-order valence-electron chi connectivity index (χ2n) is 5.67. The third-order valence-corrected chi connectivity index (χ3v) is 3.84. The lowest BCUT2D eigenvalue weighted by molar-refractivity contribution is 0.0696. The molecule has 1 aromatic heterocycles. The fourth-order valence-corrected chi connectivity index (χ4v) is 2.46. The Hall–Kier alpha value is -3.68. The molecule has 0 spiro atoms. The average Bonchev–Trinajstić information content (AvgIpc) is 2.62. The number of benzene rings is 2. The second kappa shape index (κ2) is 7.28. The summed E-state index contributed by atoms with van der Waals surface area (Å²) in [4.78, 5) is 31.3. The molecular formula is C19H13F2N3O3. The highest BCUT2D eigenvalue weighted by Gasteiger charge is 2.18. The minimum Gasteiger partial charge on any atom is -0.478 e. The van der Waals surface area contributed by atoms with E-state index in [-0.39, 0.29) is 11.4 Å². The normalized spacial score (nSPS) is 10.5. The number of halogens is 2. The summed E-state index contributed by atoms with van der Waals surface area (Å²) < 4.78 is 27.3. The lowest BCUT2D eigenvalue weighted by Gasteiger charge is -2.09. The predicted octanol–water partition coefficient (Wildman–Crippen LogP) is 3.68. The van der Waals surface area contributed by atoms with Crippen LogP contribution in [0.25, 0.3) is 11.3 Å². The number of aromatic carboxylic acids is 1. The maximum Gasteiger partial charge on any atom is 0.335 e. The van der Waals surface area contributed by atoms with Crippen LogP contribution in [0.5, 0.6) is 0 Å². The lowest BCUT2D eigenvalue weighted by Crippen LogP contribution is -2.16. The van der Waals surface area contributed by atoms with Crippen LogP contribution in [-0.4, -0.2) is 27.0 Å². The van der Waals surface area contributed by atoms with Gasteiger partial charge in [-0.2, -0.15) is 0 Å². The number of carboxylic acids is 1. The van der Waals surface area contributed by atoms with Gasteiger partial charge in [0.15, 0.2) is 5.82 Å². The molecule has 136 valence electrons. The zero-order chi connectivity index (χ0) is 19.6. The molecule has 0 radical (unpaired) electrons. The Labute approximate surface area is 152 Å². The Morgan fingerprint density at radius 2 is 1.74 bits per heavy atom. The first-order valence-electron chi connectivity index (χ1n) is 7.78. The van der Waals surface area contributed by atoms with Crippen LogP contribution < -0.4 is 5.32 Å². The van der Waals surface area contributed by atoms with Crippen molar-refractivity contribution in [3.8, 4) is 11.3 Å². The summed E-state index contributed by atoms with van der Waals surface area (Å²) in [5.74, 6) is -4.04. The number of amides is 1. The first-order chi connectivity index (χ1) is 12.9. The molecule has 0 unspecified atom stereocenters. The SMILES string of the molecule is Cc1ccc(C(=O)O)cc1-c1cnc(NC(=O)c2c(F)cccc2F)cn1. The molecule has 0 atom stereocenters. The molecule has 0 fully saturated rings. The number of anilines is 1. The number of aromatic nitrogens is 2. The van der Waals surface area contributed by atoms with E-state index in [0.717, 1.165) is 23.8 Å². The van der Waals surface area contributed by atoms with E-state index in [1.54, 1.807) is 13.0 Å². The van der Waals surface area contributed by atoms with Gasteiger partial charge in [0.05, 0.1) is 23.7 Å². The van der Waals surface area contributed by atoms with E-state index in [4.69, 9.17) is 5.11 Å². The molecule has 2 aromatic carbocycles. The molecule has 3 rings (SSSR count). The van der Waals surface area contributed by atoms with Gasteiger partial charge in [-0.05, 0) is 36.8 Å². The van der Waals surface area contributed by atoms with Crippen molar-refractivity contribution in [3.63, 3.8) is 0 Å². The van der Waals surface area contributed by atoms with Gasteiger partial charge in [0.1, 0.15) is 17.2 Å². The second-order valence-corrected chi connectivity index (χ2v) is 5.67. The molecule has 0 bridgehead atoms. The number of hydrogen-bond acceptors (Lipinski definition) is 4. The summed E-state index contributed by atoms with van der Waals surface area (Å²) in [5.41, 5.74) is 1.14. The van der Waals surface area contributed by atoms with Crippen LogP contribution in [0.15, 0.2) is 48.8 Å². The van der Waals surface area contributed by atoms with Gasteiger partial charge in [-0.25, -0.2) is 18.6 Å². The molecule has 2 N–H and O–H groups in total. The van der Waals surface area contributed by atoms with Gasteiger partial charge in [-0.15, -0.1) is 0 Å². The van der Waals surface area contributed by atoms with Crippen LogP contribution in [0.4, 0.5) is 14.6 Å². The van der Waals surface area contributed by atoms with Gasteiger partial charge in [-0.3, -0.25) is 9.78 Å². The third kappa shape index (κ3) is 3.79. The summed E-state index contributed by atoms with van der Waals surface area (Å²) in [6.45, 7) is 1.79. The highest BCUT2D eigenvalue weighted by atomic mass is 19.1. The largest absolute Gasteiger partial charge is 0.478 e. The quantitative estimate of drug-likeness (QED) is 0.732. The van der Waals surface area contributed by atoms with Crippen LogP contribution in [0.3, 0.4) is 0 Å². The standard InChI is InChI=1S/C19H13F2N3O3/c1-10-5-6-11(19(26)27)7-12(10)15-8-23-16(9-22-15)24-18(25)17-13(20)3-2-4-14(17)21/h2-9H,1H3,(H,26,27)(H,23,24,25). The van der Waals surface area contributed by atoms with E-state index >= 15 is 0 Å². The molecular weight excluding hydrogens is 356 g/mol. The molecule has 0 aliphatic carbocycles. The van der Waals surface area contributed by atoms with E-state index in [1.165, 1.54) is 24.5 Å². The van der Waals surface area contributed by atoms with E-state index in [1.807, 2.05) is 0 Å². The molecule has 0 aliphatic rings. The molecule has 27 heavy (non-hydrogen) atoms. The fourth-order valence-electron chi connectivity index (χ4n) is 2.46. The highest BCUT2D eigenvalue weighted by molar-refractivity contribution is 6.04. The first kappa shape index (κ1) is 18.1. The zero-order valence-electron chi connectivity index (χ0n) is 14.0. The molecule has 0 saturated heterocycles. The number of carbonyl (C=O) groups is 2. The van der Waals surface area contributed by atoms with Crippen LogP contribution >= 0.6 is 0 Å². The van der Waals surface area contributed by atoms with E-state index in [0.29, 0.717) is 11.3 Å². The molecule has 1 amide bonds. The van der Waals surface area contributed by atoms with Crippen molar-refractivity contribution in [1.29, 1.82) is 0 Å².